The zero-order valence-corrected chi connectivity index (χ0v) is 16.1. The van der Waals surface area contributed by atoms with Gasteiger partial charge in [-0.3, -0.25) is 4.90 Å². The van der Waals surface area contributed by atoms with Crippen molar-refractivity contribution in [3.63, 3.8) is 0 Å². The molecule has 0 aromatic carbocycles. The Morgan fingerprint density at radius 3 is 3.03 bits per heavy atom. The number of nitrogens with one attached hydrogen (secondary N) is 1. The second-order valence-electron chi connectivity index (χ2n) is 7.26. The number of likely N-dealkylation sites (tertiary alicyclic amines) is 1. The maximum absolute atomic E-state index is 6.09. The third kappa shape index (κ3) is 3.54. The molecule has 4 aromatic rings. The van der Waals surface area contributed by atoms with E-state index in [0.29, 0.717) is 29.1 Å². The fraction of sp³-hybridized carbons (Fsp3) is 0.368. The quantitative estimate of drug-likeness (QED) is 0.507. The van der Waals surface area contributed by atoms with Crippen molar-refractivity contribution in [2.75, 3.05) is 24.1 Å². The number of rotatable bonds is 6. The molecule has 29 heavy (non-hydrogen) atoms. The zero-order chi connectivity index (χ0) is 19.8. The van der Waals surface area contributed by atoms with Gasteiger partial charge in [-0.25, -0.2) is 4.98 Å². The smallest absolute Gasteiger partial charge is 0.225 e. The SMILES string of the molecule is Cc1cc(CN2CCCC2CNc2cc3nc(-c4ccco4)nn3c(N)n2)no1. The Bertz CT molecular complexity index is 1120. The van der Waals surface area contributed by atoms with E-state index >= 15 is 0 Å². The molecule has 1 aliphatic heterocycles. The predicted octanol–water partition coefficient (Wildman–Crippen LogP) is 2.34. The molecular formula is C19H22N8O2. The fourth-order valence-electron chi connectivity index (χ4n) is 3.77. The lowest BCUT2D eigenvalue weighted by molar-refractivity contribution is 0.245. The molecule has 0 radical (unpaired) electrons. The second-order valence-corrected chi connectivity index (χ2v) is 7.26. The molecule has 5 rings (SSSR count). The van der Waals surface area contributed by atoms with Crippen LogP contribution in [0.2, 0.25) is 0 Å². The number of hydrogen-bond donors (Lipinski definition) is 2. The van der Waals surface area contributed by atoms with Crippen LogP contribution >= 0.6 is 0 Å². The molecule has 0 saturated carbocycles. The van der Waals surface area contributed by atoms with Crippen LogP contribution in [-0.4, -0.2) is 48.8 Å². The predicted molar refractivity (Wildman–Crippen MR) is 106 cm³/mol. The van der Waals surface area contributed by atoms with E-state index < -0.39 is 0 Å². The molecule has 1 unspecified atom stereocenters. The van der Waals surface area contributed by atoms with Crippen molar-refractivity contribution in [3.05, 3.63) is 42.0 Å². The van der Waals surface area contributed by atoms with Crippen LogP contribution in [0.1, 0.15) is 24.3 Å². The lowest BCUT2D eigenvalue weighted by atomic mass is 10.2. The van der Waals surface area contributed by atoms with Crippen molar-refractivity contribution in [2.45, 2.75) is 32.4 Å². The summed E-state index contributed by atoms with van der Waals surface area (Å²) >= 11 is 0. The Labute approximate surface area is 166 Å². The van der Waals surface area contributed by atoms with E-state index in [2.05, 4.69) is 30.4 Å². The molecule has 4 aromatic heterocycles. The first kappa shape index (κ1) is 17.7. The normalized spacial score (nSPS) is 17.3. The topological polar surface area (TPSA) is 124 Å². The summed E-state index contributed by atoms with van der Waals surface area (Å²) in [4.78, 5) is 11.3. The van der Waals surface area contributed by atoms with E-state index in [0.717, 1.165) is 43.9 Å². The minimum absolute atomic E-state index is 0.275. The summed E-state index contributed by atoms with van der Waals surface area (Å²) in [5.74, 6) is 2.86. The van der Waals surface area contributed by atoms with Gasteiger partial charge in [0, 0.05) is 31.3 Å². The Kier molecular flexibility index (Phi) is 4.39. The van der Waals surface area contributed by atoms with Gasteiger partial charge in [0.15, 0.2) is 11.4 Å². The van der Waals surface area contributed by atoms with E-state index in [4.69, 9.17) is 14.7 Å². The van der Waals surface area contributed by atoms with Crippen molar-refractivity contribution < 1.29 is 8.94 Å². The maximum Gasteiger partial charge on any atom is 0.225 e. The number of furan rings is 1. The van der Waals surface area contributed by atoms with E-state index in [1.165, 1.54) is 4.52 Å². The van der Waals surface area contributed by atoms with Gasteiger partial charge in [0.2, 0.25) is 11.8 Å². The van der Waals surface area contributed by atoms with Crippen LogP contribution in [0, 0.1) is 6.92 Å². The van der Waals surface area contributed by atoms with Gasteiger partial charge in [0.05, 0.1) is 12.0 Å². The summed E-state index contributed by atoms with van der Waals surface area (Å²) in [5.41, 5.74) is 7.67. The highest BCUT2D eigenvalue weighted by molar-refractivity contribution is 5.58. The number of nitrogens with two attached hydrogens (primary N) is 1. The number of aryl methyl sites for hydroxylation is 1. The highest BCUT2D eigenvalue weighted by Gasteiger charge is 2.25. The molecule has 1 aliphatic rings. The van der Waals surface area contributed by atoms with Crippen molar-refractivity contribution in [1.82, 2.24) is 29.6 Å². The Morgan fingerprint density at radius 1 is 1.31 bits per heavy atom. The first-order valence-corrected chi connectivity index (χ1v) is 9.63. The average molecular weight is 394 g/mol. The Morgan fingerprint density at radius 2 is 2.24 bits per heavy atom. The number of hydrogen-bond acceptors (Lipinski definition) is 9. The van der Waals surface area contributed by atoms with E-state index in [-0.39, 0.29) is 5.95 Å². The molecule has 1 atom stereocenters. The van der Waals surface area contributed by atoms with Gasteiger partial charge in [0.1, 0.15) is 11.6 Å². The molecule has 1 fully saturated rings. The lowest BCUT2D eigenvalue weighted by Gasteiger charge is -2.23. The molecule has 5 heterocycles. The monoisotopic (exact) mass is 394 g/mol. The molecular weight excluding hydrogens is 372 g/mol. The summed E-state index contributed by atoms with van der Waals surface area (Å²) in [6.45, 7) is 4.50. The number of fused-ring (bicyclic) bond motifs is 1. The summed E-state index contributed by atoms with van der Waals surface area (Å²) in [6.07, 6.45) is 3.87. The number of anilines is 2. The van der Waals surface area contributed by atoms with Gasteiger partial charge in [-0.2, -0.15) is 9.50 Å². The Balaban J connectivity index is 1.29. The van der Waals surface area contributed by atoms with Crippen molar-refractivity contribution in [2.24, 2.45) is 0 Å². The molecule has 10 heteroatoms. The van der Waals surface area contributed by atoms with Gasteiger partial charge in [0.25, 0.3) is 0 Å². The van der Waals surface area contributed by atoms with Crippen LogP contribution in [0.25, 0.3) is 17.2 Å². The number of nitrogen functional groups attached to an aromatic ring is 1. The molecule has 0 bridgehead atoms. The number of aromatic nitrogens is 5. The molecule has 150 valence electrons. The fourth-order valence-corrected chi connectivity index (χ4v) is 3.77. The van der Waals surface area contributed by atoms with Crippen LogP contribution in [-0.2, 0) is 6.54 Å². The minimum atomic E-state index is 0.275. The standard InChI is InChI=1S/C19H22N8O2/c1-12-8-13(25-29-12)11-26-6-2-4-14(26)10-21-16-9-17-23-18(15-5-3-7-28-15)24-27(17)19(20)22-16/h3,5,7-9,14,21H,2,4,6,10-11H2,1H3,(H2,20,22). The van der Waals surface area contributed by atoms with Gasteiger partial charge in [-0.1, -0.05) is 5.16 Å². The maximum atomic E-state index is 6.09. The van der Waals surface area contributed by atoms with Crippen molar-refractivity contribution in [3.8, 4) is 11.6 Å². The third-order valence-corrected chi connectivity index (χ3v) is 5.15. The highest BCUT2D eigenvalue weighted by atomic mass is 16.5. The van der Waals surface area contributed by atoms with Gasteiger partial charge < -0.3 is 20.0 Å². The molecule has 10 nitrogen and oxygen atoms in total. The third-order valence-electron chi connectivity index (χ3n) is 5.15. The first-order valence-electron chi connectivity index (χ1n) is 9.63. The Hall–Kier alpha value is -3.40. The molecule has 0 amide bonds. The van der Waals surface area contributed by atoms with Crippen molar-refractivity contribution in [1.29, 1.82) is 0 Å². The van der Waals surface area contributed by atoms with E-state index in [1.807, 2.05) is 25.1 Å². The van der Waals surface area contributed by atoms with E-state index in [9.17, 15) is 0 Å². The minimum Gasteiger partial charge on any atom is -0.461 e. The largest absolute Gasteiger partial charge is 0.461 e. The van der Waals surface area contributed by atoms with Crippen molar-refractivity contribution >= 4 is 17.4 Å². The molecule has 0 spiro atoms. The van der Waals surface area contributed by atoms with Crippen LogP contribution in [0.4, 0.5) is 11.8 Å². The molecule has 3 N–H and O–H groups in total. The summed E-state index contributed by atoms with van der Waals surface area (Å²) in [6, 6.07) is 7.82. The van der Waals surface area contributed by atoms with Gasteiger partial charge in [-0.15, -0.1) is 5.10 Å². The van der Waals surface area contributed by atoms with Crippen LogP contribution < -0.4 is 11.1 Å². The molecule has 0 aliphatic carbocycles. The summed E-state index contributed by atoms with van der Waals surface area (Å²) in [7, 11) is 0. The van der Waals surface area contributed by atoms with Crippen LogP contribution in [0.5, 0.6) is 0 Å². The lowest BCUT2D eigenvalue weighted by Crippen LogP contribution is -2.34. The van der Waals surface area contributed by atoms with Crippen LogP contribution in [0.15, 0.2) is 39.5 Å². The highest BCUT2D eigenvalue weighted by Crippen LogP contribution is 2.22. The molecule has 1 saturated heterocycles. The second kappa shape index (κ2) is 7.21. The average Bonchev–Trinajstić information content (AvgIpc) is 3.48. The first-order chi connectivity index (χ1) is 14.2. The van der Waals surface area contributed by atoms with Crippen LogP contribution in [0.3, 0.4) is 0 Å². The summed E-state index contributed by atoms with van der Waals surface area (Å²) in [5, 5.41) is 11.9. The zero-order valence-electron chi connectivity index (χ0n) is 16.1. The van der Waals surface area contributed by atoms with Gasteiger partial charge in [-0.05, 0) is 38.4 Å². The van der Waals surface area contributed by atoms with E-state index in [1.54, 1.807) is 12.3 Å². The number of nitrogens with zero attached hydrogens (tertiary/aromatic N) is 6. The summed E-state index contributed by atoms with van der Waals surface area (Å²) < 4.78 is 12.1. The van der Waals surface area contributed by atoms with Gasteiger partial charge >= 0.3 is 0 Å².